The van der Waals surface area contributed by atoms with Crippen molar-refractivity contribution in [2.45, 2.75) is 24.9 Å². The van der Waals surface area contributed by atoms with E-state index in [0.29, 0.717) is 12.1 Å². The molecule has 2 unspecified atom stereocenters. The molecule has 2 N–H and O–H groups in total. The van der Waals surface area contributed by atoms with Crippen LogP contribution in [-0.2, 0) is 7.05 Å². The van der Waals surface area contributed by atoms with Gasteiger partial charge in [0.1, 0.15) is 0 Å². The maximum Gasteiger partial charge on any atom is 0.0796 e. The minimum Gasteiger partial charge on any atom is -0.328 e. The Hall–Kier alpha value is -0.870. The number of likely N-dealkylation sites (tertiary alicyclic amines) is 1. The van der Waals surface area contributed by atoms with Crippen molar-refractivity contribution in [2.24, 2.45) is 12.8 Å². The van der Waals surface area contributed by atoms with Crippen LogP contribution >= 0.6 is 0 Å². The van der Waals surface area contributed by atoms with Gasteiger partial charge >= 0.3 is 0 Å². The molecule has 2 atom stereocenters. The molecule has 78 valence electrons. The van der Waals surface area contributed by atoms with Gasteiger partial charge in [-0.2, -0.15) is 5.10 Å². The molecule has 4 nitrogen and oxygen atoms in total. The molecular formula is C10H18N4. The molecule has 0 aliphatic carbocycles. The lowest BCUT2D eigenvalue weighted by atomic mass is 9.96. The third kappa shape index (κ3) is 1.81. The molecule has 0 aromatic carbocycles. The molecule has 2 heterocycles. The summed E-state index contributed by atoms with van der Waals surface area (Å²) in [6, 6.07) is 2.82. The van der Waals surface area contributed by atoms with Gasteiger partial charge in [0.05, 0.1) is 11.7 Å². The Bertz CT molecular complexity index is 307. The standard InChI is InChI=1S/C10H18N4/c1-13-5-3-8(11)7-10(13)9-4-6-14(2)12-9/h4,6,8,10H,3,5,7,11H2,1-2H3. The van der Waals surface area contributed by atoms with E-state index in [4.69, 9.17) is 5.73 Å². The number of nitrogens with zero attached hydrogens (tertiary/aromatic N) is 3. The summed E-state index contributed by atoms with van der Waals surface area (Å²) in [6.45, 7) is 1.07. The van der Waals surface area contributed by atoms with Gasteiger partial charge in [0.25, 0.3) is 0 Å². The van der Waals surface area contributed by atoms with Crippen molar-refractivity contribution >= 4 is 0 Å². The van der Waals surface area contributed by atoms with E-state index in [1.165, 1.54) is 0 Å². The van der Waals surface area contributed by atoms with E-state index in [1.54, 1.807) is 0 Å². The Morgan fingerprint density at radius 1 is 1.50 bits per heavy atom. The van der Waals surface area contributed by atoms with Gasteiger partial charge < -0.3 is 5.73 Å². The van der Waals surface area contributed by atoms with Crippen LogP contribution in [-0.4, -0.2) is 34.3 Å². The number of hydrogen-bond acceptors (Lipinski definition) is 3. The highest BCUT2D eigenvalue weighted by Gasteiger charge is 2.26. The quantitative estimate of drug-likeness (QED) is 0.708. The third-order valence-corrected chi connectivity index (χ3v) is 2.99. The van der Waals surface area contributed by atoms with Crippen LogP contribution in [0.15, 0.2) is 12.3 Å². The van der Waals surface area contributed by atoms with Crippen LogP contribution in [0.3, 0.4) is 0 Å². The number of rotatable bonds is 1. The summed E-state index contributed by atoms with van der Waals surface area (Å²) in [5.41, 5.74) is 7.11. The van der Waals surface area contributed by atoms with Crippen molar-refractivity contribution in [1.82, 2.24) is 14.7 Å². The van der Waals surface area contributed by atoms with Crippen molar-refractivity contribution in [3.05, 3.63) is 18.0 Å². The van der Waals surface area contributed by atoms with Gasteiger partial charge in [-0.15, -0.1) is 0 Å². The van der Waals surface area contributed by atoms with Crippen molar-refractivity contribution in [2.75, 3.05) is 13.6 Å². The van der Waals surface area contributed by atoms with Crippen LogP contribution in [0.4, 0.5) is 0 Å². The SMILES string of the molecule is CN1CCC(N)CC1c1ccn(C)n1. The van der Waals surface area contributed by atoms with Crippen molar-refractivity contribution < 1.29 is 0 Å². The topological polar surface area (TPSA) is 47.1 Å². The Kier molecular flexibility index (Phi) is 2.56. The molecule has 1 aromatic heterocycles. The number of aryl methyl sites for hydroxylation is 1. The molecule has 0 bridgehead atoms. The Morgan fingerprint density at radius 3 is 2.93 bits per heavy atom. The van der Waals surface area contributed by atoms with Gasteiger partial charge in [-0.05, 0) is 32.5 Å². The second-order valence-electron chi connectivity index (χ2n) is 4.20. The average molecular weight is 194 g/mol. The smallest absolute Gasteiger partial charge is 0.0796 e. The zero-order valence-corrected chi connectivity index (χ0v) is 8.85. The van der Waals surface area contributed by atoms with E-state index >= 15 is 0 Å². The highest BCUT2D eigenvalue weighted by atomic mass is 15.3. The molecule has 0 radical (unpaired) electrons. The minimum atomic E-state index is 0.332. The van der Waals surface area contributed by atoms with E-state index in [9.17, 15) is 0 Å². The summed E-state index contributed by atoms with van der Waals surface area (Å²) < 4.78 is 1.85. The molecular weight excluding hydrogens is 176 g/mol. The normalized spacial score (nSPS) is 29.4. The third-order valence-electron chi connectivity index (χ3n) is 2.99. The first-order valence-corrected chi connectivity index (χ1v) is 5.12. The van der Waals surface area contributed by atoms with Crippen molar-refractivity contribution in [3.8, 4) is 0 Å². The maximum atomic E-state index is 5.97. The Balaban J connectivity index is 2.15. The lowest BCUT2D eigenvalue weighted by Crippen LogP contribution is -2.40. The van der Waals surface area contributed by atoms with Crippen LogP contribution < -0.4 is 5.73 Å². The molecule has 0 spiro atoms. The molecule has 1 aromatic rings. The highest BCUT2D eigenvalue weighted by Crippen LogP contribution is 2.27. The molecule has 4 heteroatoms. The van der Waals surface area contributed by atoms with Crippen LogP contribution in [0, 0.1) is 0 Å². The van der Waals surface area contributed by atoms with E-state index in [1.807, 2.05) is 17.9 Å². The average Bonchev–Trinajstić information content (AvgIpc) is 2.56. The first kappa shape index (κ1) is 9.68. The van der Waals surface area contributed by atoms with Gasteiger partial charge in [-0.25, -0.2) is 0 Å². The molecule has 1 fully saturated rings. The molecule has 1 aliphatic rings. The highest BCUT2D eigenvalue weighted by molar-refractivity contribution is 5.07. The van der Waals surface area contributed by atoms with Crippen molar-refractivity contribution in [3.63, 3.8) is 0 Å². The van der Waals surface area contributed by atoms with Crippen LogP contribution in [0.1, 0.15) is 24.6 Å². The molecule has 0 saturated carbocycles. The summed E-state index contributed by atoms with van der Waals surface area (Å²) in [7, 11) is 4.09. The number of nitrogens with two attached hydrogens (primary N) is 1. The second kappa shape index (κ2) is 3.71. The first-order valence-electron chi connectivity index (χ1n) is 5.12. The fourth-order valence-electron chi connectivity index (χ4n) is 2.07. The first-order chi connectivity index (χ1) is 6.66. The zero-order chi connectivity index (χ0) is 10.1. The summed E-state index contributed by atoms with van der Waals surface area (Å²) in [5, 5.41) is 4.44. The molecule has 1 saturated heterocycles. The number of aromatic nitrogens is 2. The largest absolute Gasteiger partial charge is 0.328 e. The lowest BCUT2D eigenvalue weighted by molar-refractivity contribution is 0.167. The van der Waals surface area contributed by atoms with Gasteiger partial charge in [-0.1, -0.05) is 0 Å². The van der Waals surface area contributed by atoms with E-state index in [0.717, 1.165) is 25.1 Å². The Labute approximate surface area is 84.7 Å². The van der Waals surface area contributed by atoms with E-state index in [2.05, 4.69) is 23.1 Å². The Morgan fingerprint density at radius 2 is 2.29 bits per heavy atom. The predicted octanol–water partition coefficient (Wildman–Crippen LogP) is 0.514. The van der Waals surface area contributed by atoms with E-state index in [-0.39, 0.29) is 0 Å². The summed E-state index contributed by atoms with van der Waals surface area (Å²) in [6.07, 6.45) is 4.11. The molecule has 1 aliphatic heterocycles. The number of hydrogen-bond donors (Lipinski definition) is 1. The van der Waals surface area contributed by atoms with Gasteiger partial charge in [0.15, 0.2) is 0 Å². The maximum absolute atomic E-state index is 5.97. The fourth-order valence-corrected chi connectivity index (χ4v) is 2.07. The molecule has 0 amide bonds. The van der Waals surface area contributed by atoms with Gasteiger partial charge in [0, 0.05) is 19.3 Å². The summed E-state index contributed by atoms with van der Waals surface area (Å²) in [4.78, 5) is 2.34. The van der Waals surface area contributed by atoms with Crippen LogP contribution in [0.5, 0.6) is 0 Å². The zero-order valence-electron chi connectivity index (χ0n) is 8.85. The second-order valence-corrected chi connectivity index (χ2v) is 4.20. The van der Waals surface area contributed by atoms with Crippen LogP contribution in [0.2, 0.25) is 0 Å². The number of piperidine rings is 1. The minimum absolute atomic E-state index is 0.332. The van der Waals surface area contributed by atoms with Gasteiger partial charge in [-0.3, -0.25) is 9.58 Å². The predicted molar refractivity (Wildman–Crippen MR) is 55.8 cm³/mol. The fraction of sp³-hybridized carbons (Fsp3) is 0.700. The molecule has 2 rings (SSSR count). The lowest BCUT2D eigenvalue weighted by Gasteiger charge is -2.34. The summed E-state index contributed by atoms with van der Waals surface area (Å²) >= 11 is 0. The molecule has 14 heavy (non-hydrogen) atoms. The van der Waals surface area contributed by atoms with Crippen molar-refractivity contribution in [1.29, 1.82) is 0 Å². The monoisotopic (exact) mass is 194 g/mol. The summed E-state index contributed by atoms with van der Waals surface area (Å²) in [5.74, 6) is 0. The van der Waals surface area contributed by atoms with Gasteiger partial charge in [0.2, 0.25) is 0 Å². The van der Waals surface area contributed by atoms with Crippen LogP contribution in [0.25, 0.3) is 0 Å². The van der Waals surface area contributed by atoms with E-state index < -0.39 is 0 Å².